The average molecular weight is 417 g/mol. The lowest BCUT2D eigenvalue weighted by atomic mass is 10.0. The maximum atomic E-state index is 12.7. The highest BCUT2D eigenvalue weighted by molar-refractivity contribution is 6.35. The standard InChI is InChI=1S/C22H29ClN4O2/c1-13-11-27(21(28)29-22(3,4)5)14(2)10-26(13)20-18-16(15-6-7-15)8-9-17(23)19(18)24-12-25-20/h8-9,12-15H,6-7,10-11H2,1-5H3/t13-,14+/m0/s1. The summed E-state index contributed by atoms with van der Waals surface area (Å²) in [6.45, 7) is 11.1. The smallest absolute Gasteiger partial charge is 0.410 e. The number of hydrogen-bond acceptors (Lipinski definition) is 5. The van der Waals surface area contributed by atoms with Crippen LogP contribution in [-0.4, -0.2) is 51.7 Å². The van der Waals surface area contributed by atoms with E-state index >= 15 is 0 Å². The van der Waals surface area contributed by atoms with E-state index in [1.54, 1.807) is 6.33 Å². The third kappa shape index (κ3) is 4.00. The minimum atomic E-state index is -0.504. The van der Waals surface area contributed by atoms with Crippen LogP contribution < -0.4 is 4.90 Å². The fourth-order valence-corrected chi connectivity index (χ4v) is 4.30. The molecule has 156 valence electrons. The number of fused-ring (bicyclic) bond motifs is 1. The minimum absolute atomic E-state index is 0.00891. The summed E-state index contributed by atoms with van der Waals surface area (Å²) < 4.78 is 5.61. The van der Waals surface area contributed by atoms with Crippen molar-refractivity contribution in [2.24, 2.45) is 0 Å². The summed E-state index contributed by atoms with van der Waals surface area (Å²) in [5.41, 5.74) is 1.60. The molecule has 0 N–H and O–H groups in total. The highest BCUT2D eigenvalue weighted by Gasteiger charge is 2.36. The first kappa shape index (κ1) is 20.2. The van der Waals surface area contributed by atoms with E-state index in [0.29, 0.717) is 24.0 Å². The molecule has 0 radical (unpaired) electrons. The molecule has 1 aliphatic heterocycles. The van der Waals surface area contributed by atoms with Gasteiger partial charge in [-0.05, 0) is 65.0 Å². The molecular formula is C22H29ClN4O2. The van der Waals surface area contributed by atoms with E-state index in [0.717, 1.165) is 16.7 Å². The van der Waals surface area contributed by atoms with Crippen molar-refractivity contribution in [3.63, 3.8) is 0 Å². The van der Waals surface area contributed by atoms with Gasteiger partial charge in [-0.2, -0.15) is 0 Å². The van der Waals surface area contributed by atoms with Gasteiger partial charge in [-0.15, -0.1) is 0 Å². The van der Waals surface area contributed by atoms with Gasteiger partial charge in [0.2, 0.25) is 0 Å². The Morgan fingerprint density at radius 1 is 1.14 bits per heavy atom. The lowest BCUT2D eigenvalue weighted by molar-refractivity contribution is 0.0130. The van der Waals surface area contributed by atoms with Crippen LogP contribution in [0.5, 0.6) is 0 Å². The van der Waals surface area contributed by atoms with Crippen molar-refractivity contribution in [2.45, 2.75) is 71.1 Å². The predicted molar refractivity (Wildman–Crippen MR) is 116 cm³/mol. The van der Waals surface area contributed by atoms with Crippen LogP contribution in [0.25, 0.3) is 10.9 Å². The number of carbonyl (C=O) groups excluding carboxylic acids is 1. The second-order valence-electron chi connectivity index (χ2n) is 9.31. The van der Waals surface area contributed by atoms with E-state index in [4.69, 9.17) is 16.3 Å². The van der Waals surface area contributed by atoms with Crippen molar-refractivity contribution < 1.29 is 9.53 Å². The van der Waals surface area contributed by atoms with Crippen molar-refractivity contribution in [1.82, 2.24) is 14.9 Å². The fraction of sp³-hybridized carbons (Fsp3) is 0.591. The van der Waals surface area contributed by atoms with Crippen LogP contribution in [0.1, 0.15) is 58.9 Å². The van der Waals surface area contributed by atoms with E-state index in [-0.39, 0.29) is 18.2 Å². The number of hydrogen-bond donors (Lipinski definition) is 0. The Balaban J connectivity index is 1.67. The lowest BCUT2D eigenvalue weighted by Crippen LogP contribution is -2.59. The second-order valence-corrected chi connectivity index (χ2v) is 9.72. The van der Waals surface area contributed by atoms with Gasteiger partial charge in [0.25, 0.3) is 0 Å². The van der Waals surface area contributed by atoms with E-state index in [1.165, 1.54) is 18.4 Å². The molecule has 1 aromatic carbocycles. The summed E-state index contributed by atoms with van der Waals surface area (Å²) in [4.78, 5) is 25.9. The highest BCUT2D eigenvalue weighted by atomic mass is 35.5. The number of rotatable bonds is 2. The largest absolute Gasteiger partial charge is 0.444 e. The topological polar surface area (TPSA) is 58.6 Å². The molecule has 2 aliphatic rings. The average Bonchev–Trinajstić information content (AvgIpc) is 3.47. The van der Waals surface area contributed by atoms with E-state index < -0.39 is 5.60 Å². The molecule has 1 aromatic heterocycles. The van der Waals surface area contributed by atoms with Gasteiger partial charge < -0.3 is 14.5 Å². The quantitative estimate of drug-likeness (QED) is 0.689. The summed E-state index contributed by atoms with van der Waals surface area (Å²) in [7, 11) is 0. The van der Waals surface area contributed by atoms with Crippen molar-refractivity contribution in [1.29, 1.82) is 0 Å². The SMILES string of the molecule is C[C@@H]1CN(c2ncnc3c(Cl)ccc(C4CC4)c23)[C@@H](C)CN1C(=O)OC(C)(C)C. The van der Waals surface area contributed by atoms with Crippen LogP contribution in [0.4, 0.5) is 10.6 Å². The Morgan fingerprint density at radius 2 is 1.86 bits per heavy atom. The third-order valence-corrected chi connectivity index (χ3v) is 5.96. The Hall–Kier alpha value is -2.08. The number of anilines is 1. The molecule has 1 aliphatic carbocycles. The molecular weight excluding hydrogens is 388 g/mol. The summed E-state index contributed by atoms with van der Waals surface area (Å²) in [5.74, 6) is 1.48. The molecule has 29 heavy (non-hydrogen) atoms. The Bertz CT molecular complexity index is 938. The molecule has 2 atom stereocenters. The maximum absolute atomic E-state index is 12.7. The number of nitrogens with zero attached hydrogens (tertiary/aromatic N) is 4. The molecule has 2 fully saturated rings. The van der Waals surface area contributed by atoms with Gasteiger partial charge >= 0.3 is 6.09 Å². The minimum Gasteiger partial charge on any atom is -0.444 e. The lowest BCUT2D eigenvalue weighted by Gasteiger charge is -2.45. The zero-order chi connectivity index (χ0) is 20.9. The summed E-state index contributed by atoms with van der Waals surface area (Å²) in [6, 6.07) is 4.18. The molecule has 1 amide bonds. The van der Waals surface area contributed by atoms with Crippen LogP contribution in [0.2, 0.25) is 5.02 Å². The second kappa shape index (κ2) is 7.31. The number of carbonyl (C=O) groups is 1. The van der Waals surface area contributed by atoms with Gasteiger partial charge in [-0.25, -0.2) is 14.8 Å². The Labute approximate surface area is 177 Å². The summed E-state index contributed by atoms with van der Waals surface area (Å²) in [5, 5.41) is 1.72. The first-order valence-corrected chi connectivity index (χ1v) is 10.7. The molecule has 1 saturated heterocycles. The summed E-state index contributed by atoms with van der Waals surface area (Å²) >= 11 is 6.48. The van der Waals surface area contributed by atoms with Crippen molar-refractivity contribution in [3.8, 4) is 0 Å². The Morgan fingerprint density at radius 3 is 2.52 bits per heavy atom. The molecule has 1 saturated carbocycles. The molecule has 0 bridgehead atoms. The van der Waals surface area contributed by atoms with Gasteiger partial charge in [-0.1, -0.05) is 17.7 Å². The van der Waals surface area contributed by atoms with E-state index in [2.05, 4.69) is 34.8 Å². The van der Waals surface area contributed by atoms with Gasteiger partial charge in [-0.3, -0.25) is 0 Å². The fourth-order valence-electron chi connectivity index (χ4n) is 4.10. The molecule has 6 nitrogen and oxygen atoms in total. The van der Waals surface area contributed by atoms with Crippen molar-refractivity contribution in [3.05, 3.63) is 29.0 Å². The number of benzene rings is 1. The number of halogens is 1. The van der Waals surface area contributed by atoms with Gasteiger partial charge in [0, 0.05) is 30.6 Å². The summed E-state index contributed by atoms with van der Waals surface area (Å²) in [6.07, 6.45) is 3.73. The molecule has 4 rings (SSSR count). The number of ether oxygens (including phenoxy) is 1. The van der Waals surface area contributed by atoms with E-state index in [1.807, 2.05) is 31.7 Å². The van der Waals surface area contributed by atoms with Gasteiger partial charge in [0.1, 0.15) is 17.7 Å². The third-order valence-electron chi connectivity index (χ3n) is 5.65. The van der Waals surface area contributed by atoms with Crippen LogP contribution >= 0.6 is 11.6 Å². The van der Waals surface area contributed by atoms with E-state index in [9.17, 15) is 4.79 Å². The zero-order valence-corrected chi connectivity index (χ0v) is 18.5. The van der Waals surface area contributed by atoms with Crippen LogP contribution in [0, 0.1) is 0 Å². The van der Waals surface area contributed by atoms with Crippen LogP contribution in [0.15, 0.2) is 18.5 Å². The first-order valence-electron chi connectivity index (χ1n) is 10.3. The molecule has 0 spiro atoms. The molecule has 2 heterocycles. The normalized spacial score (nSPS) is 22.8. The highest BCUT2D eigenvalue weighted by Crippen LogP contribution is 2.46. The van der Waals surface area contributed by atoms with Crippen LogP contribution in [-0.2, 0) is 4.74 Å². The number of amides is 1. The maximum Gasteiger partial charge on any atom is 0.410 e. The molecule has 2 aromatic rings. The zero-order valence-electron chi connectivity index (χ0n) is 17.8. The van der Waals surface area contributed by atoms with Gasteiger partial charge in [0.05, 0.1) is 10.5 Å². The van der Waals surface area contributed by atoms with Crippen molar-refractivity contribution >= 4 is 34.4 Å². The predicted octanol–water partition coefficient (Wildman–Crippen LogP) is 4.99. The molecule has 0 unspecified atom stereocenters. The van der Waals surface area contributed by atoms with Gasteiger partial charge in [0.15, 0.2) is 0 Å². The number of aromatic nitrogens is 2. The van der Waals surface area contributed by atoms with Crippen LogP contribution in [0.3, 0.4) is 0 Å². The monoisotopic (exact) mass is 416 g/mol. The van der Waals surface area contributed by atoms with Crippen molar-refractivity contribution in [2.75, 3.05) is 18.0 Å². The Kier molecular flexibility index (Phi) is 5.09. The molecule has 7 heteroatoms. The first-order chi connectivity index (χ1) is 13.7. The number of piperazine rings is 1.